The maximum atomic E-state index is 14.0. The number of nitrogens with one attached hydrogen (secondary N) is 1. The molecule has 0 saturated heterocycles. The molecule has 2 saturated carbocycles. The highest BCUT2D eigenvalue weighted by atomic mass is 19.4. The second-order valence-electron chi connectivity index (χ2n) is 10.2. The second-order valence-corrected chi connectivity index (χ2v) is 10.2. The van der Waals surface area contributed by atoms with Gasteiger partial charge in [0, 0.05) is 41.8 Å². The van der Waals surface area contributed by atoms with E-state index < -0.39 is 36.5 Å². The second kappa shape index (κ2) is 9.30. The molecule has 186 valence electrons. The predicted molar refractivity (Wildman–Crippen MR) is 121 cm³/mol. The molecule has 0 radical (unpaired) electrons. The number of aryl methyl sites for hydroxylation is 2. The number of rotatable bonds is 3. The highest BCUT2D eigenvalue weighted by molar-refractivity contribution is 5.80. The van der Waals surface area contributed by atoms with Crippen LogP contribution in [0.1, 0.15) is 62.6 Å². The number of hydrogen-bond acceptors (Lipinski definition) is 3. The molecule has 1 amide bonds. The summed E-state index contributed by atoms with van der Waals surface area (Å²) in [5.74, 6) is -3.19. The first-order chi connectivity index (χ1) is 15.9. The van der Waals surface area contributed by atoms with E-state index in [1.165, 1.54) is 0 Å². The van der Waals surface area contributed by atoms with E-state index >= 15 is 0 Å². The molecule has 0 aromatic carbocycles. The van der Waals surface area contributed by atoms with Crippen LogP contribution in [-0.4, -0.2) is 33.8 Å². The number of halogens is 4. The molecule has 2 aromatic heterocycles. The molecule has 1 N–H and O–H groups in total. The van der Waals surface area contributed by atoms with Crippen molar-refractivity contribution in [3.8, 4) is 0 Å². The van der Waals surface area contributed by atoms with Gasteiger partial charge in [0.15, 0.2) is 0 Å². The minimum absolute atomic E-state index is 0.0949. The Morgan fingerprint density at radius 3 is 2.59 bits per heavy atom. The van der Waals surface area contributed by atoms with Crippen LogP contribution < -0.4 is 10.9 Å². The van der Waals surface area contributed by atoms with Gasteiger partial charge in [0.2, 0.25) is 5.91 Å². The van der Waals surface area contributed by atoms with E-state index in [1.54, 1.807) is 17.8 Å². The quantitative estimate of drug-likeness (QED) is 0.632. The lowest BCUT2D eigenvalue weighted by molar-refractivity contribution is -0.191. The van der Waals surface area contributed by atoms with Gasteiger partial charge in [-0.3, -0.25) is 14.6 Å². The summed E-state index contributed by atoms with van der Waals surface area (Å²) in [6.07, 6.45) is -3.56. The van der Waals surface area contributed by atoms with Crippen LogP contribution in [0.4, 0.5) is 17.6 Å². The van der Waals surface area contributed by atoms with E-state index in [2.05, 4.69) is 17.2 Å². The number of carbonyl (C=O) groups is 1. The minimum Gasteiger partial charge on any atom is -0.353 e. The summed E-state index contributed by atoms with van der Waals surface area (Å²) in [4.78, 5) is 30.3. The molecule has 0 spiro atoms. The zero-order chi connectivity index (χ0) is 24.8. The molecule has 6 unspecified atom stereocenters. The van der Waals surface area contributed by atoms with Crippen molar-refractivity contribution in [3.05, 3.63) is 39.9 Å². The lowest BCUT2D eigenvalue weighted by Gasteiger charge is -2.37. The van der Waals surface area contributed by atoms with Crippen molar-refractivity contribution in [3.63, 3.8) is 0 Å². The van der Waals surface area contributed by atoms with Crippen LogP contribution in [0.3, 0.4) is 0 Å². The van der Waals surface area contributed by atoms with Gasteiger partial charge in [0.25, 0.3) is 5.56 Å². The third kappa shape index (κ3) is 4.98. The van der Waals surface area contributed by atoms with Crippen LogP contribution >= 0.6 is 0 Å². The van der Waals surface area contributed by atoms with Crippen LogP contribution in [0.5, 0.6) is 0 Å². The Bertz CT molecular complexity index is 1130. The molecule has 2 aromatic rings. The Kier molecular flexibility index (Phi) is 6.75. The molecular formula is C25H31F4N3O2. The molecule has 34 heavy (non-hydrogen) atoms. The maximum Gasteiger partial charge on any atom is 0.391 e. The Morgan fingerprint density at radius 2 is 1.88 bits per heavy atom. The maximum absolute atomic E-state index is 14.0. The number of alkyl halides is 4. The molecule has 0 bridgehead atoms. The number of pyridine rings is 2. The van der Waals surface area contributed by atoms with Gasteiger partial charge < -0.3 is 9.88 Å². The molecule has 2 heterocycles. The zero-order valence-electron chi connectivity index (χ0n) is 19.7. The van der Waals surface area contributed by atoms with Gasteiger partial charge in [-0.05, 0) is 69.4 Å². The van der Waals surface area contributed by atoms with Crippen LogP contribution in [0.2, 0.25) is 0 Å². The minimum atomic E-state index is -4.50. The highest BCUT2D eigenvalue weighted by Crippen LogP contribution is 2.42. The Labute approximate surface area is 195 Å². The van der Waals surface area contributed by atoms with Crippen molar-refractivity contribution in [1.82, 2.24) is 14.9 Å². The number of nitrogens with zero attached hydrogens (tertiary/aromatic N) is 2. The Balaban J connectivity index is 1.52. The molecule has 4 rings (SSSR count). The fourth-order valence-corrected chi connectivity index (χ4v) is 5.69. The summed E-state index contributed by atoms with van der Waals surface area (Å²) >= 11 is 0. The van der Waals surface area contributed by atoms with Gasteiger partial charge in [0.1, 0.15) is 6.17 Å². The average molecular weight is 482 g/mol. The molecule has 6 atom stereocenters. The molecule has 0 aliphatic heterocycles. The summed E-state index contributed by atoms with van der Waals surface area (Å²) in [6.45, 7) is 3.94. The van der Waals surface area contributed by atoms with E-state index in [0.717, 1.165) is 23.0 Å². The highest BCUT2D eigenvalue weighted by Gasteiger charge is 2.47. The molecule has 2 aliphatic carbocycles. The lowest BCUT2D eigenvalue weighted by Crippen LogP contribution is -2.46. The lowest BCUT2D eigenvalue weighted by atomic mass is 9.74. The summed E-state index contributed by atoms with van der Waals surface area (Å²) < 4.78 is 55.1. The van der Waals surface area contributed by atoms with E-state index in [1.807, 2.05) is 19.1 Å². The van der Waals surface area contributed by atoms with Crippen molar-refractivity contribution >= 4 is 16.8 Å². The van der Waals surface area contributed by atoms with Gasteiger partial charge in [0.05, 0.1) is 11.4 Å². The fourth-order valence-electron chi connectivity index (χ4n) is 5.69. The van der Waals surface area contributed by atoms with Crippen LogP contribution in [0.25, 0.3) is 10.9 Å². The smallest absolute Gasteiger partial charge is 0.353 e. The first kappa shape index (κ1) is 24.7. The third-order valence-electron chi connectivity index (χ3n) is 7.70. The van der Waals surface area contributed by atoms with Gasteiger partial charge in [-0.25, -0.2) is 4.39 Å². The SMILES string of the molecule is Cc1cc2c(cn1)cc(C1CC(NC(=O)C3CC(F)CC(C(F)(F)F)C3)CCC1C)c(=O)n2C. The van der Waals surface area contributed by atoms with Crippen molar-refractivity contribution in [2.75, 3.05) is 0 Å². The van der Waals surface area contributed by atoms with Gasteiger partial charge >= 0.3 is 6.18 Å². The van der Waals surface area contributed by atoms with Crippen molar-refractivity contribution in [2.45, 2.75) is 76.7 Å². The van der Waals surface area contributed by atoms with Gasteiger partial charge in [-0.1, -0.05) is 6.92 Å². The van der Waals surface area contributed by atoms with E-state index in [9.17, 15) is 27.2 Å². The summed E-state index contributed by atoms with van der Waals surface area (Å²) in [5.41, 5.74) is 2.18. The molecule has 9 heteroatoms. The van der Waals surface area contributed by atoms with Crippen LogP contribution in [0.15, 0.2) is 23.1 Å². The fraction of sp³-hybridized carbons (Fsp3) is 0.640. The zero-order valence-corrected chi connectivity index (χ0v) is 19.7. The summed E-state index contributed by atoms with van der Waals surface area (Å²) in [6, 6.07) is 3.47. The predicted octanol–water partition coefficient (Wildman–Crippen LogP) is 4.95. The Morgan fingerprint density at radius 1 is 1.15 bits per heavy atom. The van der Waals surface area contributed by atoms with E-state index in [0.29, 0.717) is 18.4 Å². The Hall–Kier alpha value is -2.45. The van der Waals surface area contributed by atoms with E-state index in [4.69, 9.17) is 0 Å². The van der Waals surface area contributed by atoms with Crippen molar-refractivity contribution < 1.29 is 22.4 Å². The number of hydrogen-bond donors (Lipinski definition) is 1. The topological polar surface area (TPSA) is 64.0 Å². The third-order valence-corrected chi connectivity index (χ3v) is 7.70. The number of amides is 1. The van der Waals surface area contributed by atoms with Gasteiger partial charge in [-0.15, -0.1) is 0 Å². The number of fused-ring (bicyclic) bond motifs is 1. The first-order valence-corrected chi connectivity index (χ1v) is 11.9. The largest absolute Gasteiger partial charge is 0.391 e. The normalized spacial score (nSPS) is 30.3. The molecule has 2 aliphatic rings. The number of aromatic nitrogens is 2. The molecule has 5 nitrogen and oxygen atoms in total. The summed E-state index contributed by atoms with van der Waals surface area (Å²) in [7, 11) is 1.73. The average Bonchev–Trinajstić information content (AvgIpc) is 2.77. The standard InChI is InChI=1S/C25H31F4N3O2/c1-13-4-5-19(31-23(33)15-7-17(25(27,28)29)10-18(26)8-15)11-20(13)21-9-16-12-30-14(2)6-22(16)32(3)24(21)34/h6,9,12-13,15,17-20H,4-5,7-8,10-11H2,1-3H3,(H,31,33). The van der Waals surface area contributed by atoms with Crippen molar-refractivity contribution in [2.24, 2.45) is 24.8 Å². The first-order valence-electron chi connectivity index (χ1n) is 11.9. The van der Waals surface area contributed by atoms with Gasteiger partial charge in [-0.2, -0.15) is 13.2 Å². The van der Waals surface area contributed by atoms with E-state index in [-0.39, 0.29) is 36.3 Å². The molecule has 2 fully saturated rings. The number of carbonyl (C=O) groups excluding carboxylic acids is 1. The van der Waals surface area contributed by atoms with Crippen molar-refractivity contribution in [1.29, 1.82) is 0 Å². The van der Waals surface area contributed by atoms with Crippen LogP contribution in [-0.2, 0) is 11.8 Å². The summed E-state index contributed by atoms with van der Waals surface area (Å²) in [5, 5.41) is 3.74. The monoisotopic (exact) mass is 481 g/mol. The molecular weight excluding hydrogens is 450 g/mol. The van der Waals surface area contributed by atoms with Crippen LogP contribution in [0, 0.1) is 24.7 Å².